The molecule has 4 heteroatoms. The molecule has 0 aliphatic carbocycles. The highest BCUT2D eigenvalue weighted by Gasteiger charge is 1.80. The Balaban J connectivity index is 2.76. The van der Waals surface area contributed by atoms with Crippen LogP contribution in [0.2, 0.25) is 0 Å². The largest absolute Gasteiger partial charge is 0.238 e. The quantitative estimate of drug-likeness (QED) is 0.501. The first kappa shape index (κ1) is 4.59. The van der Waals surface area contributed by atoms with E-state index in [-0.39, 0.29) is 0 Å². The molecule has 1 heterocycles. The first-order chi connectivity index (χ1) is 3.43. The molecule has 0 unspecified atom stereocenters. The van der Waals surface area contributed by atoms with Crippen molar-refractivity contribution in [1.29, 1.82) is 0 Å². The van der Waals surface area contributed by atoms with Crippen LogP contribution in [0.15, 0.2) is 12.4 Å². The van der Waals surface area contributed by atoms with Gasteiger partial charge >= 0.3 is 0 Å². The molecule has 0 saturated heterocycles. The average Bonchev–Trinajstić information content (AvgIpc) is 2.14. The minimum atomic E-state index is 0.375. The monoisotopic (exact) mass is 117 g/mol. The summed E-state index contributed by atoms with van der Waals surface area (Å²) in [5.74, 6) is 0. The van der Waals surface area contributed by atoms with Crippen LogP contribution in [0.3, 0.4) is 0 Å². The second-order valence-corrected chi connectivity index (χ2v) is 1.30. The third kappa shape index (κ3) is 0.899. The Labute approximate surface area is 45.9 Å². The molecule has 7 heavy (non-hydrogen) atoms. The lowest BCUT2D eigenvalue weighted by Crippen LogP contribution is -1.90. The molecule has 1 aromatic heterocycles. The fourth-order valence-corrected chi connectivity index (χ4v) is 0.424. The average molecular weight is 118 g/mol. The lowest BCUT2D eigenvalue weighted by atomic mass is 10.9. The van der Waals surface area contributed by atoms with Crippen molar-refractivity contribution < 1.29 is 0 Å². The SMILES string of the molecule is ClCn1ccnn1. The number of halogens is 1. The normalized spacial score (nSPS) is 9.29. The molecule has 0 aliphatic rings. The highest BCUT2D eigenvalue weighted by atomic mass is 35.5. The maximum absolute atomic E-state index is 5.33. The third-order valence-electron chi connectivity index (χ3n) is 0.594. The van der Waals surface area contributed by atoms with Gasteiger partial charge in [-0.3, -0.25) is 0 Å². The molecule has 38 valence electrons. The zero-order valence-electron chi connectivity index (χ0n) is 3.58. The molecule has 0 aliphatic heterocycles. The van der Waals surface area contributed by atoms with Gasteiger partial charge in [0.05, 0.1) is 6.20 Å². The van der Waals surface area contributed by atoms with E-state index < -0.39 is 0 Å². The van der Waals surface area contributed by atoms with Crippen molar-refractivity contribution in [1.82, 2.24) is 15.0 Å². The number of aromatic nitrogens is 3. The molecule has 1 aromatic rings. The number of hydrogen-bond acceptors (Lipinski definition) is 2. The first-order valence-electron chi connectivity index (χ1n) is 1.83. The Hall–Kier alpha value is -0.570. The zero-order valence-corrected chi connectivity index (χ0v) is 4.34. The van der Waals surface area contributed by atoms with Crippen molar-refractivity contribution in [2.75, 3.05) is 0 Å². The molecule has 0 N–H and O–H groups in total. The molecule has 0 radical (unpaired) electrons. The van der Waals surface area contributed by atoms with Gasteiger partial charge in [-0.1, -0.05) is 5.21 Å². The van der Waals surface area contributed by atoms with Gasteiger partial charge in [-0.25, -0.2) is 4.68 Å². The highest BCUT2D eigenvalue weighted by Crippen LogP contribution is 1.81. The van der Waals surface area contributed by atoms with Crippen molar-refractivity contribution in [2.24, 2.45) is 0 Å². The van der Waals surface area contributed by atoms with Crippen LogP contribution < -0.4 is 0 Å². The Morgan fingerprint density at radius 2 is 2.57 bits per heavy atom. The summed E-state index contributed by atoms with van der Waals surface area (Å²) >= 11 is 5.33. The van der Waals surface area contributed by atoms with Crippen LogP contribution >= 0.6 is 11.6 Å². The number of nitrogens with zero attached hydrogens (tertiary/aromatic N) is 3. The van der Waals surface area contributed by atoms with Crippen LogP contribution in [0.25, 0.3) is 0 Å². The van der Waals surface area contributed by atoms with Crippen LogP contribution in [0.5, 0.6) is 0 Å². The summed E-state index contributed by atoms with van der Waals surface area (Å²) < 4.78 is 1.53. The summed E-state index contributed by atoms with van der Waals surface area (Å²) in [5.41, 5.74) is 0. The Bertz CT molecular complexity index is 125. The molecule has 1 rings (SSSR count). The number of alkyl halides is 1. The molecule has 0 saturated carbocycles. The molecular weight excluding hydrogens is 114 g/mol. The zero-order chi connectivity index (χ0) is 5.11. The van der Waals surface area contributed by atoms with E-state index in [1.54, 1.807) is 12.4 Å². The van der Waals surface area contributed by atoms with Crippen LogP contribution in [0.4, 0.5) is 0 Å². The second-order valence-electron chi connectivity index (χ2n) is 1.06. The van der Waals surface area contributed by atoms with E-state index in [2.05, 4.69) is 10.3 Å². The predicted octanol–water partition coefficient (Wildman–Crippen LogP) is 0.474. The summed E-state index contributed by atoms with van der Waals surface area (Å²) in [4.78, 5) is 0. The van der Waals surface area contributed by atoms with Crippen molar-refractivity contribution in [3.05, 3.63) is 12.4 Å². The minimum Gasteiger partial charge on any atom is -0.238 e. The van der Waals surface area contributed by atoms with Gasteiger partial charge in [0.25, 0.3) is 0 Å². The molecule has 0 aromatic carbocycles. The van der Waals surface area contributed by atoms with Gasteiger partial charge in [-0.2, -0.15) is 0 Å². The minimum absolute atomic E-state index is 0.375. The third-order valence-corrected chi connectivity index (χ3v) is 0.839. The van der Waals surface area contributed by atoms with Crippen molar-refractivity contribution in [3.8, 4) is 0 Å². The lowest BCUT2D eigenvalue weighted by Gasteiger charge is -1.83. The lowest BCUT2D eigenvalue weighted by molar-refractivity contribution is 0.696. The molecule has 0 fully saturated rings. The molecular formula is C3H4ClN3. The summed E-state index contributed by atoms with van der Waals surface area (Å²) in [5, 5.41) is 7.09. The van der Waals surface area contributed by atoms with Crippen molar-refractivity contribution in [2.45, 2.75) is 6.00 Å². The van der Waals surface area contributed by atoms with E-state index in [0.29, 0.717) is 6.00 Å². The molecule has 0 bridgehead atoms. The van der Waals surface area contributed by atoms with Crippen LogP contribution in [-0.4, -0.2) is 15.0 Å². The number of rotatable bonds is 1. The summed E-state index contributed by atoms with van der Waals surface area (Å²) in [7, 11) is 0. The molecule has 0 amide bonds. The topological polar surface area (TPSA) is 30.7 Å². The first-order valence-corrected chi connectivity index (χ1v) is 2.37. The Morgan fingerprint density at radius 3 is 2.86 bits per heavy atom. The van der Waals surface area contributed by atoms with Gasteiger partial charge in [0.2, 0.25) is 0 Å². The van der Waals surface area contributed by atoms with E-state index in [1.165, 1.54) is 4.68 Å². The standard InChI is InChI=1S/C3H4ClN3/c4-3-7-2-1-5-6-7/h1-2H,3H2. The Morgan fingerprint density at radius 1 is 1.71 bits per heavy atom. The van der Waals surface area contributed by atoms with Crippen molar-refractivity contribution >= 4 is 11.6 Å². The van der Waals surface area contributed by atoms with E-state index >= 15 is 0 Å². The molecule has 3 nitrogen and oxygen atoms in total. The van der Waals surface area contributed by atoms with Gasteiger partial charge in [0, 0.05) is 6.20 Å². The van der Waals surface area contributed by atoms with E-state index in [9.17, 15) is 0 Å². The van der Waals surface area contributed by atoms with E-state index in [0.717, 1.165) is 0 Å². The van der Waals surface area contributed by atoms with Gasteiger partial charge < -0.3 is 0 Å². The van der Waals surface area contributed by atoms with Gasteiger partial charge in [-0.05, 0) is 0 Å². The molecule has 0 atom stereocenters. The predicted molar refractivity (Wildman–Crippen MR) is 25.9 cm³/mol. The number of hydrogen-bond donors (Lipinski definition) is 0. The van der Waals surface area contributed by atoms with Gasteiger partial charge in [-0.15, -0.1) is 16.7 Å². The maximum Gasteiger partial charge on any atom is 0.117 e. The second kappa shape index (κ2) is 1.93. The summed E-state index contributed by atoms with van der Waals surface area (Å²) in [6, 6.07) is 0.375. The fourth-order valence-electron chi connectivity index (χ4n) is 0.296. The van der Waals surface area contributed by atoms with E-state index in [1.807, 2.05) is 0 Å². The van der Waals surface area contributed by atoms with Gasteiger partial charge in [0.1, 0.15) is 6.00 Å². The van der Waals surface area contributed by atoms with Crippen LogP contribution in [0, 0.1) is 0 Å². The highest BCUT2D eigenvalue weighted by molar-refractivity contribution is 6.15. The Kier molecular flexibility index (Phi) is 1.26. The van der Waals surface area contributed by atoms with Crippen LogP contribution in [0.1, 0.15) is 0 Å². The smallest absolute Gasteiger partial charge is 0.117 e. The maximum atomic E-state index is 5.33. The van der Waals surface area contributed by atoms with E-state index in [4.69, 9.17) is 11.6 Å². The summed E-state index contributed by atoms with van der Waals surface area (Å²) in [6.07, 6.45) is 3.29. The molecule has 0 spiro atoms. The fraction of sp³-hybridized carbons (Fsp3) is 0.333. The van der Waals surface area contributed by atoms with Gasteiger partial charge in [0.15, 0.2) is 0 Å². The van der Waals surface area contributed by atoms with Crippen molar-refractivity contribution in [3.63, 3.8) is 0 Å². The summed E-state index contributed by atoms with van der Waals surface area (Å²) in [6.45, 7) is 0. The van der Waals surface area contributed by atoms with Crippen LogP contribution in [-0.2, 0) is 6.00 Å².